The van der Waals surface area contributed by atoms with Gasteiger partial charge in [0.25, 0.3) is 0 Å². The first-order chi connectivity index (χ1) is 7.63. The number of anilines is 1. The summed E-state index contributed by atoms with van der Waals surface area (Å²) in [6.45, 7) is 1.62. The predicted molar refractivity (Wildman–Crippen MR) is 59.8 cm³/mol. The van der Waals surface area contributed by atoms with Crippen LogP contribution < -0.4 is 15.8 Å². The first kappa shape index (κ1) is 12.0. The summed E-state index contributed by atoms with van der Waals surface area (Å²) in [5.74, 6) is 0.339. The summed E-state index contributed by atoms with van der Waals surface area (Å²) in [4.78, 5) is 11.3. The van der Waals surface area contributed by atoms with Crippen LogP contribution in [0.25, 0.3) is 0 Å². The molecule has 0 unspecified atom stereocenters. The number of amides is 1. The molecule has 0 aliphatic carbocycles. The lowest BCUT2D eigenvalue weighted by Crippen LogP contribution is -2.32. The van der Waals surface area contributed by atoms with E-state index in [0.717, 1.165) is 0 Å². The minimum absolute atomic E-state index is 0.00550. The molecule has 5 nitrogen and oxygen atoms in total. The summed E-state index contributed by atoms with van der Waals surface area (Å²) in [6.07, 6.45) is 0. The second kappa shape index (κ2) is 5.73. The molecule has 0 aliphatic heterocycles. The van der Waals surface area contributed by atoms with Crippen LogP contribution in [0.4, 0.5) is 5.69 Å². The zero-order chi connectivity index (χ0) is 12.0. The molecule has 0 saturated carbocycles. The number of nitriles is 1. The molecular formula is C11H13N3O2. The largest absolute Gasteiger partial charge is 0.479 e. The fourth-order valence-corrected chi connectivity index (χ4v) is 1.01. The first-order valence-electron chi connectivity index (χ1n) is 4.79. The molecule has 0 saturated heterocycles. The zero-order valence-corrected chi connectivity index (χ0v) is 8.93. The molecule has 0 aromatic heterocycles. The van der Waals surface area contributed by atoms with E-state index in [-0.39, 0.29) is 12.5 Å². The van der Waals surface area contributed by atoms with Gasteiger partial charge in [-0.05, 0) is 31.2 Å². The summed E-state index contributed by atoms with van der Waals surface area (Å²) < 4.78 is 5.06. The number of hydrogen-bond acceptors (Lipinski definition) is 4. The molecule has 5 heteroatoms. The van der Waals surface area contributed by atoms with Gasteiger partial charge in [-0.15, -0.1) is 0 Å². The number of nitrogens with zero attached hydrogens (tertiary/aromatic N) is 1. The maximum absolute atomic E-state index is 11.3. The van der Waals surface area contributed by atoms with Gasteiger partial charge in [-0.3, -0.25) is 4.79 Å². The SMILES string of the molecule is C[C@@H](N)C(=O)Nc1ccc(OCC#N)cc1. The van der Waals surface area contributed by atoms with Crippen molar-refractivity contribution in [3.8, 4) is 11.8 Å². The van der Waals surface area contributed by atoms with Crippen LogP contribution in [0.2, 0.25) is 0 Å². The normalized spacial score (nSPS) is 11.3. The van der Waals surface area contributed by atoms with Crippen molar-refractivity contribution in [3.05, 3.63) is 24.3 Å². The van der Waals surface area contributed by atoms with E-state index >= 15 is 0 Å². The van der Waals surface area contributed by atoms with Crippen molar-refractivity contribution in [2.24, 2.45) is 5.73 Å². The van der Waals surface area contributed by atoms with Gasteiger partial charge < -0.3 is 15.8 Å². The summed E-state index contributed by atoms with van der Waals surface area (Å²) in [5, 5.41) is 11.0. The Morgan fingerprint density at radius 2 is 2.19 bits per heavy atom. The van der Waals surface area contributed by atoms with E-state index in [1.807, 2.05) is 6.07 Å². The number of nitrogens with two attached hydrogens (primary N) is 1. The molecule has 16 heavy (non-hydrogen) atoms. The molecule has 0 radical (unpaired) electrons. The van der Waals surface area contributed by atoms with Crippen LogP contribution in [-0.4, -0.2) is 18.6 Å². The predicted octanol–water partition coefficient (Wildman–Crippen LogP) is 0.875. The molecule has 1 rings (SSSR count). The third-order valence-corrected chi connectivity index (χ3v) is 1.84. The second-order valence-corrected chi connectivity index (χ2v) is 3.25. The molecule has 1 aromatic carbocycles. The monoisotopic (exact) mass is 219 g/mol. The maximum atomic E-state index is 11.3. The Balaban J connectivity index is 2.58. The van der Waals surface area contributed by atoms with E-state index in [1.54, 1.807) is 31.2 Å². The smallest absolute Gasteiger partial charge is 0.240 e. The number of benzene rings is 1. The molecule has 3 N–H and O–H groups in total. The summed E-state index contributed by atoms with van der Waals surface area (Å²) in [7, 11) is 0. The average Bonchev–Trinajstić information content (AvgIpc) is 2.28. The van der Waals surface area contributed by atoms with E-state index in [9.17, 15) is 4.79 Å². The van der Waals surface area contributed by atoms with Crippen LogP contribution in [0.15, 0.2) is 24.3 Å². The highest BCUT2D eigenvalue weighted by Gasteiger charge is 2.06. The topological polar surface area (TPSA) is 88.1 Å². The van der Waals surface area contributed by atoms with Crippen molar-refractivity contribution >= 4 is 11.6 Å². The highest BCUT2D eigenvalue weighted by Crippen LogP contribution is 2.15. The maximum Gasteiger partial charge on any atom is 0.240 e. The van der Waals surface area contributed by atoms with Gasteiger partial charge in [0.2, 0.25) is 5.91 Å². The minimum Gasteiger partial charge on any atom is -0.479 e. The Kier molecular flexibility index (Phi) is 4.30. The third kappa shape index (κ3) is 3.59. The number of hydrogen-bond donors (Lipinski definition) is 2. The minimum atomic E-state index is -0.547. The van der Waals surface area contributed by atoms with Gasteiger partial charge in [-0.2, -0.15) is 5.26 Å². The van der Waals surface area contributed by atoms with Gasteiger partial charge in [0, 0.05) is 5.69 Å². The van der Waals surface area contributed by atoms with Crippen molar-refractivity contribution in [1.29, 1.82) is 5.26 Å². The average molecular weight is 219 g/mol. The van der Waals surface area contributed by atoms with Crippen molar-refractivity contribution < 1.29 is 9.53 Å². The lowest BCUT2D eigenvalue weighted by molar-refractivity contribution is -0.117. The number of nitrogens with one attached hydrogen (secondary N) is 1. The van der Waals surface area contributed by atoms with Gasteiger partial charge >= 0.3 is 0 Å². The zero-order valence-electron chi connectivity index (χ0n) is 8.93. The lowest BCUT2D eigenvalue weighted by atomic mass is 10.2. The fourth-order valence-electron chi connectivity index (χ4n) is 1.01. The Hall–Kier alpha value is -2.06. The number of ether oxygens (including phenoxy) is 1. The highest BCUT2D eigenvalue weighted by atomic mass is 16.5. The van der Waals surface area contributed by atoms with Gasteiger partial charge in [0.15, 0.2) is 6.61 Å². The van der Waals surface area contributed by atoms with E-state index < -0.39 is 6.04 Å². The van der Waals surface area contributed by atoms with Crippen LogP contribution in [0.1, 0.15) is 6.92 Å². The molecule has 0 fully saturated rings. The van der Waals surface area contributed by atoms with Gasteiger partial charge in [-0.25, -0.2) is 0 Å². The van der Waals surface area contributed by atoms with Crippen LogP contribution in [0.5, 0.6) is 5.75 Å². The van der Waals surface area contributed by atoms with Crippen LogP contribution in [0.3, 0.4) is 0 Å². The van der Waals surface area contributed by atoms with Crippen LogP contribution in [0, 0.1) is 11.3 Å². The first-order valence-corrected chi connectivity index (χ1v) is 4.79. The summed E-state index contributed by atoms with van der Waals surface area (Å²) >= 11 is 0. The van der Waals surface area contributed by atoms with Crippen molar-refractivity contribution in [1.82, 2.24) is 0 Å². The molecule has 0 heterocycles. The van der Waals surface area contributed by atoms with E-state index in [2.05, 4.69) is 5.32 Å². The Morgan fingerprint density at radius 1 is 1.56 bits per heavy atom. The number of rotatable bonds is 4. The molecule has 0 bridgehead atoms. The van der Waals surface area contributed by atoms with Gasteiger partial charge in [0.1, 0.15) is 11.8 Å². The molecule has 1 amide bonds. The van der Waals surface area contributed by atoms with E-state index in [4.69, 9.17) is 15.7 Å². The Bertz CT molecular complexity index is 393. The summed E-state index contributed by atoms with van der Waals surface area (Å²) in [5.41, 5.74) is 6.05. The standard InChI is InChI=1S/C11H13N3O2/c1-8(13)11(15)14-9-2-4-10(5-3-9)16-7-6-12/h2-5,8H,7,13H2,1H3,(H,14,15)/t8-/m1/s1. The molecule has 1 atom stereocenters. The third-order valence-electron chi connectivity index (χ3n) is 1.84. The van der Waals surface area contributed by atoms with Gasteiger partial charge in [0.05, 0.1) is 6.04 Å². The summed E-state index contributed by atoms with van der Waals surface area (Å²) in [6, 6.07) is 8.05. The molecule has 1 aromatic rings. The fraction of sp³-hybridized carbons (Fsp3) is 0.273. The van der Waals surface area contributed by atoms with E-state index in [0.29, 0.717) is 11.4 Å². The Labute approximate surface area is 93.8 Å². The van der Waals surface area contributed by atoms with Crippen molar-refractivity contribution in [2.75, 3.05) is 11.9 Å². The van der Waals surface area contributed by atoms with Crippen molar-refractivity contribution in [2.45, 2.75) is 13.0 Å². The Morgan fingerprint density at radius 3 is 2.69 bits per heavy atom. The van der Waals surface area contributed by atoms with Crippen LogP contribution in [-0.2, 0) is 4.79 Å². The lowest BCUT2D eigenvalue weighted by Gasteiger charge is -2.08. The number of carbonyl (C=O) groups excluding carboxylic acids is 1. The quantitative estimate of drug-likeness (QED) is 0.786. The molecule has 84 valence electrons. The molecule has 0 spiro atoms. The molecule has 0 aliphatic rings. The number of carbonyl (C=O) groups is 1. The second-order valence-electron chi connectivity index (χ2n) is 3.25. The molecular weight excluding hydrogens is 206 g/mol. The van der Waals surface area contributed by atoms with Crippen molar-refractivity contribution in [3.63, 3.8) is 0 Å². The van der Waals surface area contributed by atoms with Gasteiger partial charge in [-0.1, -0.05) is 0 Å². The highest BCUT2D eigenvalue weighted by molar-refractivity contribution is 5.94. The van der Waals surface area contributed by atoms with E-state index in [1.165, 1.54) is 0 Å². The van der Waals surface area contributed by atoms with Crippen LogP contribution >= 0.6 is 0 Å².